The van der Waals surface area contributed by atoms with Crippen molar-refractivity contribution in [2.45, 2.75) is 18.6 Å². The van der Waals surface area contributed by atoms with Crippen LogP contribution in [0.15, 0.2) is 18.3 Å². The van der Waals surface area contributed by atoms with E-state index in [-0.39, 0.29) is 24.2 Å². The van der Waals surface area contributed by atoms with E-state index in [1.807, 2.05) is 0 Å². The van der Waals surface area contributed by atoms with Crippen LogP contribution in [0.4, 0.5) is 0 Å². The third kappa shape index (κ3) is 2.82. The van der Waals surface area contributed by atoms with Gasteiger partial charge in [0.25, 0.3) is 0 Å². The molecule has 0 aromatic carbocycles. The van der Waals surface area contributed by atoms with E-state index in [4.69, 9.17) is 5.73 Å². The highest BCUT2D eigenvalue weighted by Gasteiger charge is 2.21. The fourth-order valence-corrected chi connectivity index (χ4v) is 1.29. The number of hydrogen-bond acceptors (Lipinski definition) is 5. The molecule has 1 aromatic rings. The topological polar surface area (TPSA) is 96.4 Å². The van der Waals surface area contributed by atoms with Crippen molar-refractivity contribution in [1.82, 2.24) is 4.98 Å². The van der Waals surface area contributed by atoms with E-state index in [0.29, 0.717) is 6.29 Å². The molecule has 5 nitrogen and oxygen atoms in total. The Morgan fingerprint density at radius 2 is 2.27 bits per heavy atom. The molecule has 0 bridgehead atoms. The zero-order valence-electron chi connectivity index (χ0n) is 8.21. The normalized spacial score (nSPS) is 14.6. The number of aliphatic hydroxyl groups excluding tert-OH is 2. The summed E-state index contributed by atoms with van der Waals surface area (Å²) in [6.45, 7) is 0.265. The predicted molar refractivity (Wildman–Crippen MR) is 54.3 cm³/mol. The van der Waals surface area contributed by atoms with Crippen molar-refractivity contribution in [2.24, 2.45) is 5.73 Å². The number of carbonyl (C=O) groups is 1. The van der Waals surface area contributed by atoms with Gasteiger partial charge < -0.3 is 15.9 Å². The lowest BCUT2D eigenvalue weighted by Crippen LogP contribution is -2.23. The third-order valence-corrected chi connectivity index (χ3v) is 2.11. The Morgan fingerprint density at radius 3 is 2.87 bits per heavy atom. The van der Waals surface area contributed by atoms with Gasteiger partial charge in [0.05, 0.1) is 11.8 Å². The second-order valence-corrected chi connectivity index (χ2v) is 3.19. The molecule has 0 saturated carbocycles. The van der Waals surface area contributed by atoms with Crippen LogP contribution in [-0.4, -0.2) is 34.1 Å². The summed E-state index contributed by atoms with van der Waals surface area (Å²) < 4.78 is 0. The minimum atomic E-state index is -1.17. The first-order chi connectivity index (χ1) is 7.20. The van der Waals surface area contributed by atoms with Crippen LogP contribution in [0.2, 0.25) is 0 Å². The molecule has 5 heteroatoms. The van der Waals surface area contributed by atoms with Gasteiger partial charge in [-0.3, -0.25) is 9.78 Å². The number of rotatable bonds is 5. The van der Waals surface area contributed by atoms with Crippen molar-refractivity contribution < 1.29 is 15.0 Å². The van der Waals surface area contributed by atoms with Gasteiger partial charge in [0.2, 0.25) is 0 Å². The summed E-state index contributed by atoms with van der Waals surface area (Å²) in [6, 6.07) is 3.13. The first-order valence-corrected chi connectivity index (χ1v) is 4.67. The Bertz CT molecular complexity index is 330. The number of aliphatic hydroxyl groups is 2. The summed E-state index contributed by atoms with van der Waals surface area (Å²) in [7, 11) is 0. The number of hydrogen-bond donors (Lipinski definition) is 3. The molecule has 1 aromatic heterocycles. The summed E-state index contributed by atoms with van der Waals surface area (Å²) in [5, 5.41) is 19.2. The Balaban J connectivity index is 2.89. The minimum Gasteiger partial charge on any atom is -0.390 e. The first kappa shape index (κ1) is 11.8. The fraction of sp³-hybridized carbons (Fsp3) is 0.400. The van der Waals surface area contributed by atoms with Crippen molar-refractivity contribution >= 4 is 6.29 Å². The van der Waals surface area contributed by atoms with Gasteiger partial charge in [-0.15, -0.1) is 0 Å². The Labute approximate surface area is 87.6 Å². The van der Waals surface area contributed by atoms with E-state index in [2.05, 4.69) is 4.98 Å². The van der Waals surface area contributed by atoms with E-state index >= 15 is 0 Å². The quantitative estimate of drug-likeness (QED) is 0.576. The molecular formula is C10H14N2O3. The van der Waals surface area contributed by atoms with Gasteiger partial charge in [-0.25, -0.2) is 0 Å². The maximum absolute atomic E-state index is 10.7. The van der Waals surface area contributed by atoms with Crippen molar-refractivity contribution in [2.75, 3.05) is 6.54 Å². The predicted octanol–water partition coefficient (Wildman–Crippen LogP) is -0.363. The van der Waals surface area contributed by atoms with Gasteiger partial charge in [0.15, 0.2) is 6.29 Å². The number of nitrogens with zero attached hydrogens (tertiary/aromatic N) is 1. The molecule has 0 aliphatic carbocycles. The summed E-state index contributed by atoms with van der Waals surface area (Å²) >= 11 is 0. The first-order valence-electron chi connectivity index (χ1n) is 4.67. The van der Waals surface area contributed by atoms with Crippen molar-refractivity contribution in [3.8, 4) is 0 Å². The number of aldehydes is 1. The molecule has 2 unspecified atom stereocenters. The second-order valence-electron chi connectivity index (χ2n) is 3.19. The SMILES string of the molecule is NCCC(O)C(O)c1ncccc1C=O. The zero-order chi connectivity index (χ0) is 11.3. The van der Waals surface area contributed by atoms with Crippen LogP contribution in [0.25, 0.3) is 0 Å². The third-order valence-electron chi connectivity index (χ3n) is 2.11. The number of aromatic nitrogens is 1. The van der Waals surface area contributed by atoms with Crippen molar-refractivity contribution in [1.29, 1.82) is 0 Å². The molecule has 0 amide bonds. The molecule has 0 spiro atoms. The molecule has 0 fully saturated rings. The molecule has 82 valence electrons. The average molecular weight is 210 g/mol. The van der Waals surface area contributed by atoms with Crippen molar-refractivity contribution in [3.63, 3.8) is 0 Å². The van der Waals surface area contributed by atoms with E-state index in [1.54, 1.807) is 6.07 Å². The number of nitrogens with two attached hydrogens (primary N) is 1. The van der Waals surface area contributed by atoms with E-state index in [9.17, 15) is 15.0 Å². The Morgan fingerprint density at radius 1 is 1.53 bits per heavy atom. The Kier molecular flexibility index (Phi) is 4.36. The van der Waals surface area contributed by atoms with Crippen LogP contribution >= 0.6 is 0 Å². The van der Waals surface area contributed by atoms with Crippen LogP contribution in [0.1, 0.15) is 28.6 Å². The number of pyridine rings is 1. The molecule has 0 aliphatic heterocycles. The van der Waals surface area contributed by atoms with Gasteiger partial charge in [-0.05, 0) is 25.1 Å². The van der Waals surface area contributed by atoms with E-state index < -0.39 is 12.2 Å². The van der Waals surface area contributed by atoms with Crippen LogP contribution in [0.3, 0.4) is 0 Å². The molecule has 4 N–H and O–H groups in total. The fourth-order valence-electron chi connectivity index (χ4n) is 1.29. The highest BCUT2D eigenvalue weighted by molar-refractivity contribution is 5.76. The summed E-state index contributed by atoms with van der Waals surface area (Å²) in [5.74, 6) is 0. The van der Waals surface area contributed by atoms with Gasteiger partial charge in [-0.1, -0.05) is 0 Å². The molecule has 15 heavy (non-hydrogen) atoms. The van der Waals surface area contributed by atoms with Crippen LogP contribution in [0, 0.1) is 0 Å². The lowest BCUT2D eigenvalue weighted by atomic mass is 10.0. The highest BCUT2D eigenvalue weighted by atomic mass is 16.3. The largest absolute Gasteiger partial charge is 0.390 e. The monoisotopic (exact) mass is 210 g/mol. The lowest BCUT2D eigenvalue weighted by molar-refractivity contribution is 0.0121. The van der Waals surface area contributed by atoms with Crippen LogP contribution in [-0.2, 0) is 0 Å². The smallest absolute Gasteiger partial charge is 0.151 e. The molecule has 0 saturated heterocycles. The maximum atomic E-state index is 10.7. The molecular weight excluding hydrogens is 196 g/mol. The van der Waals surface area contributed by atoms with E-state index in [0.717, 1.165) is 0 Å². The summed E-state index contributed by atoms with van der Waals surface area (Å²) in [6.07, 6.45) is 0.149. The van der Waals surface area contributed by atoms with Crippen LogP contribution in [0.5, 0.6) is 0 Å². The van der Waals surface area contributed by atoms with Crippen LogP contribution < -0.4 is 5.73 Å². The van der Waals surface area contributed by atoms with E-state index in [1.165, 1.54) is 12.3 Å². The maximum Gasteiger partial charge on any atom is 0.151 e. The number of carbonyl (C=O) groups excluding carboxylic acids is 1. The van der Waals surface area contributed by atoms with Crippen molar-refractivity contribution in [3.05, 3.63) is 29.6 Å². The molecule has 1 heterocycles. The lowest BCUT2D eigenvalue weighted by Gasteiger charge is -2.17. The molecule has 2 atom stereocenters. The zero-order valence-corrected chi connectivity index (χ0v) is 8.21. The molecule has 1 rings (SSSR count). The summed E-state index contributed by atoms with van der Waals surface area (Å²) in [4.78, 5) is 14.5. The molecule has 0 radical (unpaired) electrons. The summed E-state index contributed by atoms with van der Waals surface area (Å²) in [5.41, 5.74) is 5.72. The van der Waals surface area contributed by atoms with Gasteiger partial charge >= 0.3 is 0 Å². The second kappa shape index (κ2) is 5.55. The average Bonchev–Trinajstić information content (AvgIpc) is 2.28. The minimum absolute atomic E-state index is 0.188. The Hall–Kier alpha value is -1.30. The molecule has 0 aliphatic rings. The highest BCUT2D eigenvalue weighted by Crippen LogP contribution is 2.18. The standard InChI is InChI=1S/C10H14N2O3/c11-4-3-8(14)10(15)9-7(6-13)2-1-5-12-9/h1-2,5-6,8,10,14-15H,3-4,11H2. The van der Waals surface area contributed by atoms with Gasteiger partial charge in [0.1, 0.15) is 6.10 Å². The van der Waals surface area contributed by atoms with Gasteiger partial charge in [0, 0.05) is 11.8 Å². The van der Waals surface area contributed by atoms with Gasteiger partial charge in [-0.2, -0.15) is 0 Å².